The van der Waals surface area contributed by atoms with Crippen molar-refractivity contribution in [1.82, 2.24) is 4.57 Å². The molecule has 1 fully saturated rings. The predicted octanol–water partition coefficient (Wildman–Crippen LogP) is 3.26. The number of fused-ring (bicyclic) bond motifs is 2. The van der Waals surface area contributed by atoms with Gasteiger partial charge < -0.3 is 14.4 Å². The van der Waals surface area contributed by atoms with Crippen molar-refractivity contribution in [3.05, 3.63) is 59.5 Å². The molecule has 25 heavy (non-hydrogen) atoms. The highest BCUT2D eigenvalue weighted by Crippen LogP contribution is 2.45. The largest absolute Gasteiger partial charge is 0.509 e. The molecule has 0 radical (unpaired) electrons. The molecule has 2 aromatic rings. The summed E-state index contributed by atoms with van der Waals surface area (Å²) in [6, 6.07) is 13.4. The van der Waals surface area contributed by atoms with E-state index in [4.69, 9.17) is 4.74 Å². The van der Waals surface area contributed by atoms with Crippen LogP contribution in [0.5, 0.6) is 0 Å². The number of hydrogen-bond donors (Lipinski definition) is 1. The molecular formula is C20H19NO4. The number of carbonyl (C=O) groups excluding carboxylic acids is 2. The molecule has 0 unspecified atom stereocenters. The lowest BCUT2D eigenvalue weighted by Crippen LogP contribution is -2.47. The number of ketones is 2. The van der Waals surface area contributed by atoms with E-state index >= 15 is 0 Å². The maximum absolute atomic E-state index is 12.8. The molecule has 0 saturated carbocycles. The van der Waals surface area contributed by atoms with Crippen LogP contribution in [0.15, 0.2) is 53.8 Å². The van der Waals surface area contributed by atoms with Gasteiger partial charge in [-0.15, -0.1) is 0 Å². The third-order valence-corrected chi connectivity index (χ3v) is 5.19. The normalized spacial score (nSPS) is 19.2. The summed E-state index contributed by atoms with van der Waals surface area (Å²) >= 11 is 0. The van der Waals surface area contributed by atoms with Gasteiger partial charge >= 0.3 is 0 Å². The number of hydrogen-bond acceptors (Lipinski definition) is 4. The van der Waals surface area contributed by atoms with Crippen molar-refractivity contribution in [2.45, 2.75) is 25.3 Å². The maximum atomic E-state index is 12.8. The molecule has 1 spiro atoms. The first-order valence-electron chi connectivity index (χ1n) is 8.41. The van der Waals surface area contributed by atoms with Gasteiger partial charge in [-0.3, -0.25) is 9.59 Å². The number of allylic oxidation sites excluding steroid dienone is 2. The molecule has 4 rings (SSSR count). The van der Waals surface area contributed by atoms with Crippen molar-refractivity contribution in [2.24, 2.45) is 0 Å². The fourth-order valence-electron chi connectivity index (χ4n) is 3.98. The molecule has 0 bridgehead atoms. The number of aliphatic hydroxyl groups is 1. The zero-order valence-corrected chi connectivity index (χ0v) is 14.0. The Morgan fingerprint density at radius 1 is 1.08 bits per heavy atom. The van der Waals surface area contributed by atoms with Gasteiger partial charge in [-0.25, -0.2) is 0 Å². The quantitative estimate of drug-likeness (QED) is 0.854. The Bertz CT molecular complexity index is 886. The van der Waals surface area contributed by atoms with E-state index in [1.807, 2.05) is 41.0 Å². The van der Waals surface area contributed by atoms with Gasteiger partial charge in [0.1, 0.15) is 16.9 Å². The van der Waals surface area contributed by atoms with Gasteiger partial charge in [0.2, 0.25) is 5.78 Å². The van der Waals surface area contributed by atoms with Crippen LogP contribution in [0.3, 0.4) is 0 Å². The number of aliphatic hydroxyl groups excluding tert-OH is 1. The third kappa shape index (κ3) is 2.19. The molecule has 1 saturated heterocycles. The summed E-state index contributed by atoms with van der Waals surface area (Å²) in [5, 5.41) is 11.0. The van der Waals surface area contributed by atoms with Gasteiger partial charge in [0.05, 0.1) is 5.69 Å². The van der Waals surface area contributed by atoms with Gasteiger partial charge in [-0.1, -0.05) is 30.3 Å². The topological polar surface area (TPSA) is 68.5 Å². The summed E-state index contributed by atoms with van der Waals surface area (Å²) in [5.74, 6) is -0.930. The van der Waals surface area contributed by atoms with Crippen LogP contribution in [-0.2, 0) is 15.1 Å². The van der Waals surface area contributed by atoms with Crippen LogP contribution in [0.2, 0.25) is 0 Å². The number of carbonyl (C=O) groups is 2. The Morgan fingerprint density at radius 3 is 2.36 bits per heavy atom. The van der Waals surface area contributed by atoms with Crippen molar-refractivity contribution in [3.63, 3.8) is 0 Å². The number of Topliss-reactive ketones (excluding diaryl/α,β-unsaturated/α-hetero) is 2. The first-order valence-corrected chi connectivity index (χ1v) is 8.41. The van der Waals surface area contributed by atoms with Gasteiger partial charge in [-0.2, -0.15) is 0 Å². The van der Waals surface area contributed by atoms with E-state index in [-0.39, 0.29) is 11.3 Å². The van der Waals surface area contributed by atoms with Gasteiger partial charge in [0, 0.05) is 31.7 Å². The van der Waals surface area contributed by atoms with E-state index in [0.29, 0.717) is 31.7 Å². The van der Waals surface area contributed by atoms with E-state index in [0.717, 1.165) is 11.3 Å². The molecule has 2 aliphatic rings. The van der Waals surface area contributed by atoms with E-state index in [2.05, 4.69) is 0 Å². The summed E-state index contributed by atoms with van der Waals surface area (Å²) in [7, 11) is 0. The SMILES string of the molecule is CC(=O)C1=C(O)C2(CCOCC2)n2c(ccc2-c2ccccc2)C1=O. The minimum atomic E-state index is -0.808. The Balaban J connectivity index is 2.01. The fraction of sp³-hybridized carbons (Fsp3) is 0.300. The number of aromatic nitrogens is 1. The molecule has 5 nitrogen and oxygen atoms in total. The van der Waals surface area contributed by atoms with Crippen molar-refractivity contribution < 1.29 is 19.4 Å². The van der Waals surface area contributed by atoms with Crippen LogP contribution in [0.4, 0.5) is 0 Å². The van der Waals surface area contributed by atoms with Crippen molar-refractivity contribution in [3.8, 4) is 11.3 Å². The molecule has 5 heteroatoms. The lowest BCUT2D eigenvalue weighted by molar-refractivity contribution is -0.113. The molecule has 0 amide bonds. The van der Waals surface area contributed by atoms with Gasteiger partial charge in [0.25, 0.3) is 0 Å². The molecule has 1 N–H and O–H groups in total. The Kier molecular flexibility index (Phi) is 3.62. The molecule has 1 aromatic heterocycles. The van der Waals surface area contributed by atoms with Gasteiger partial charge in [-0.05, 0) is 24.6 Å². The molecule has 2 aliphatic heterocycles. The van der Waals surface area contributed by atoms with E-state index in [1.165, 1.54) is 6.92 Å². The van der Waals surface area contributed by atoms with Crippen molar-refractivity contribution >= 4 is 11.6 Å². The number of benzene rings is 1. The minimum Gasteiger partial charge on any atom is -0.509 e. The van der Waals surface area contributed by atoms with E-state index < -0.39 is 17.1 Å². The van der Waals surface area contributed by atoms with Crippen LogP contribution < -0.4 is 0 Å². The van der Waals surface area contributed by atoms with Crippen molar-refractivity contribution in [1.29, 1.82) is 0 Å². The number of nitrogens with zero attached hydrogens (tertiary/aromatic N) is 1. The van der Waals surface area contributed by atoms with Crippen LogP contribution in [0.25, 0.3) is 11.3 Å². The molecule has 3 heterocycles. The monoisotopic (exact) mass is 337 g/mol. The number of rotatable bonds is 2. The summed E-state index contributed by atoms with van der Waals surface area (Å²) in [4.78, 5) is 24.9. The second-order valence-corrected chi connectivity index (χ2v) is 6.56. The standard InChI is InChI=1S/C20H19NO4/c1-13(22)17-18(23)16-8-7-15(14-5-3-2-4-6-14)21(16)20(19(17)24)9-11-25-12-10-20/h2-8,24H,9-12H2,1H3. The minimum absolute atomic E-state index is 0.0906. The highest BCUT2D eigenvalue weighted by atomic mass is 16.5. The lowest BCUT2D eigenvalue weighted by atomic mass is 9.80. The molecule has 1 aromatic carbocycles. The highest BCUT2D eigenvalue weighted by molar-refractivity contribution is 6.26. The summed E-state index contributed by atoms with van der Waals surface area (Å²) in [6.07, 6.45) is 1.04. The second-order valence-electron chi connectivity index (χ2n) is 6.56. The average molecular weight is 337 g/mol. The molecule has 0 atom stereocenters. The Hall–Kier alpha value is -2.66. The average Bonchev–Trinajstić information content (AvgIpc) is 3.08. The second kappa shape index (κ2) is 5.70. The first kappa shape index (κ1) is 15.8. The summed E-state index contributed by atoms with van der Waals surface area (Å²) in [6.45, 7) is 2.26. The molecular weight excluding hydrogens is 318 g/mol. The first-order chi connectivity index (χ1) is 12.1. The smallest absolute Gasteiger partial charge is 0.216 e. The Morgan fingerprint density at radius 2 is 1.72 bits per heavy atom. The van der Waals surface area contributed by atoms with Gasteiger partial charge in [0.15, 0.2) is 5.78 Å². The Labute approximate surface area is 145 Å². The maximum Gasteiger partial charge on any atom is 0.216 e. The zero-order valence-electron chi connectivity index (χ0n) is 14.0. The molecule has 0 aliphatic carbocycles. The third-order valence-electron chi connectivity index (χ3n) is 5.19. The highest BCUT2D eigenvalue weighted by Gasteiger charge is 2.48. The predicted molar refractivity (Wildman–Crippen MR) is 92.6 cm³/mol. The van der Waals surface area contributed by atoms with Crippen molar-refractivity contribution in [2.75, 3.05) is 13.2 Å². The molecule has 128 valence electrons. The van der Waals surface area contributed by atoms with Crippen LogP contribution in [0, 0.1) is 0 Å². The fourth-order valence-corrected chi connectivity index (χ4v) is 3.98. The number of ether oxygens (including phenoxy) is 1. The van der Waals surface area contributed by atoms with Crippen LogP contribution in [0.1, 0.15) is 30.3 Å². The van der Waals surface area contributed by atoms with Crippen LogP contribution in [-0.4, -0.2) is 34.5 Å². The summed E-state index contributed by atoms with van der Waals surface area (Å²) < 4.78 is 7.40. The van der Waals surface area contributed by atoms with E-state index in [1.54, 1.807) is 6.07 Å². The van der Waals surface area contributed by atoms with E-state index in [9.17, 15) is 14.7 Å². The van der Waals surface area contributed by atoms with Crippen LogP contribution >= 0.6 is 0 Å². The summed E-state index contributed by atoms with van der Waals surface area (Å²) in [5.41, 5.74) is 1.37. The zero-order chi connectivity index (χ0) is 17.6. The lowest BCUT2D eigenvalue weighted by Gasteiger charge is -2.43.